The standard InChI is InChI=1S/C19H24N2O/c1-2-13-12-21-10-8-14(13)11-18(21)19(22)16-7-9-20-17-6-4-3-5-15(16)17/h2-7,9,13-15,17-19,22H,1,8,10-12H2/t13-,14-,15?,17?,18+,19-/m0/s1. The first-order chi connectivity index (χ1) is 10.8. The van der Waals surface area contributed by atoms with E-state index in [1.54, 1.807) is 0 Å². The van der Waals surface area contributed by atoms with E-state index in [4.69, 9.17) is 0 Å². The molecule has 0 amide bonds. The highest BCUT2D eigenvalue weighted by atomic mass is 16.3. The fourth-order valence-electron chi connectivity index (χ4n) is 4.61. The summed E-state index contributed by atoms with van der Waals surface area (Å²) in [6.07, 6.45) is 16.4. The number of piperidine rings is 3. The van der Waals surface area contributed by atoms with E-state index in [2.05, 4.69) is 46.9 Å². The number of hydrogen-bond acceptors (Lipinski definition) is 3. The van der Waals surface area contributed by atoms with Crippen molar-refractivity contribution >= 4 is 6.21 Å². The predicted octanol–water partition coefficient (Wildman–Crippen LogP) is 2.37. The molecule has 0 spiro atoms. The molecule has 3 heteroatoms. The normalized spacial score (nSPS) is 43.6. The molecule has 1 N–H and O–H groups in total. The zero-order chi connectivity index (χ0) is 15.1. The van der Waals surface area contributed by atoms with Crippen LogP contribution in [-0.2, 0) is 0 Å². The van der Waals surface area contributed by atoms with Gasteiger partial charge < -0.3 is 5.11 Å². The summed E-state index contributed by atoms with van der Waals surface area (Å²) in [5.41, 5.74) is 1.13. The van der Waals surface area contributed by atoms with Crippen molar-refractivity contribution in [3.63, 3.8) is 0 Å². The summed E-state index contributed by atoms with van der Waals surface area (Å²) in [7, 11) is 0. The highest BCUT2D eigenvalue weighted by Gasteiger charge is 2.43. The number of rotatable bonds is 3. The molecule has 3 fully saturated rings. The number of hydrogen-bond donors (Lipinski definition) is 1. The Bertz CT molecular complexity index is 574. The van der Waals surface area contributed by atoms with E-state index in [0.717, 1.165) is 25.1 Å². The summed E-state index contributed by atoms with van der Waals surface area (Å²) in [4.78, 5) is 7.00. The highest BCUT2D eigenvalue weighted by molar-refractivity contribution is 5.75. The van der Waals surface area contributed by atoms with Crippen LogP contribution in [0.1, 0.15) is 12.8 Å². The van der Waals surface area contributed by atoms with Gasteiger partial charge in [0.25, 0.3) is 0 Å². The van der Waals surface area contributed by atoms with E-state index < -0.39 is 0 Å². The van der Waals surface area contributed by atoms with Gasteiger partial charge in [0.05, 0.1) is 12.1 Å². The van der Waals surface area contributed by atoms with E-state index in [0.29, 0.717) is 11.8 Å². The lowest BCUT2D eigenvalue weighted by molar-refractivity contribution is -0.0339. The Hall–Kier alpha value is -1.45. The Morgan fingerprint density at radius 2 is 2.23 bits per heavy atom. The summed E-state index contributed by atoms with van der Waals surface area (Å²) < 4.78 is 0. The number of aliphatic hydroxyl groups excluding tert-OH is 1. The first-order valence-electron chi connectivity index (χ1n) is 8.41. The maximum absolute atomic E-state index is 11.1. The zero-order valence-corrected chi connectivity index (χ0v) is 12.9. The quantitative estimate of drug-likeness (QED) is 0.812. The molecule has 3 unspecified atom stereocenters. The van der Waals surface area contributed by atoms with Crippen LogP contribution >= 0.6 is 0 Å². The van der Waals surface area contributed by atoms with Gasteiger partial charge in [0.2, 0.25) is 0 Å². The molecule has 22 heavy (non-hydrogen) atoms. The van der Waals surface area contributed by atoms with Gasteiger partial charge in [-0.2, -0.15) is 0 Å². The SMILES string of the molecule is C=C[C@H]1CN2CC[C@H]1C[C@@H]2[C@@H](O)C1=CC=NC2C=CC=CC12. The van der Waals surface area contributed by atoms with Crippen LogP contribution in [0.15, 0.2) is 53.6 Å². The van der Waals surface area contributed by atoms with Crippen LogP contribution in [0.4, 0.5) is 0 Å². The van der Waals surface area contributed by atoms with Gasteiger partial charge >= 0.3 is 0 Å². The van der Waals surface area contributed by atoms with Crippen molar-refractivity contribution < 1.29 is 5.11 Å². The smallest absolute Gasteiger partial charge is 0.0915 e. The second-order valence-corrected chi connectivity index (χ2v) is 6.94. The van der Waals surface area contributed by atoms with Crippen molar-refractivity contribution in [3.05, 3.63) is 48.6 Å². The van der Waals surface area contributed by atoms with Gasteiger partial charge in [-0.25, -0.2) is 0 Å². The van der Waals surface area contributed by atoms with Crippen LogP contribution in [-0.4, -0.2) is 47.5 Å². The Balaban J connectivity index is 1.55. The number of aliphatic hydroxyl groups is 1. The average molecular weight is 296 g/mol. The van der Waals surface area contributed by atoms with E-state index in [1.807, 2.05) is 12.3 Å². The lowest BCUT2D eigenvalue weighted by atomic mass is 9.72. The van der Waals surface area contributed by atoms with Crippen LogP contribution in [0, 0.1) is 17.8 Å². The first kappa shape index (κ1) is 14.2. The molecule has 0 radical (unpaired) electrons. The van der Waals surface area contributed by atoms with E-state index >= 15 is 0 Å². The van der Waals surface area contributed by atoms with Crippen molar-refractivity contribution in [2.75, 3.05) is 13.1 Å². The molecule has 116 valence electrons. The maximum Gasteiger partial charge on any atom is 0.0915 e. The fraction of sp³-hybridized carbons (Fsp3) is 0.526. The third-order valence-electron chi connectivity index (χ3n) is 5.88. The lowest BCUT2D eigenvalue weighted by Gasteiger charge is -2.51. The van der Waals surface area contributed by atoms with Crippen molar-refractivity contribution in [1.82, 2.24) is 4.90 Å². The van der Waals surface area contributed by atoms with E-state index in [-0.39, 0.29) is 24.1 Å². The second-order valence-electron chi connectivity index (χ2n) is 6.94. The molecule has 1 aliphatic carbocycles. The number of aliphatic imine (C=N–C) groups is 1. The number of allylic oxidation sites excluding steroid dienone is 3. The number of nitrogens with zero attached hydrogens (tertiary/aromatic N) is 2. The maximum atomic E-state index is 11.1. The van der Waals surface area contributed by atoms with Crippen LogP contribution in [0.5, 0.6) is 0 Å². The molecule has 4 aliphatic heterocycles. The second kappa shape index (κ2) is 5.64. The molecule has 0 saturated carbocycles. The summed E-state index contributed by atoms with van der Waals surface area (Å²) in [6.45, 7) is 6.15. The monoisotopic (exact) mass is 296 g/mol. The van der Waals surface area contributed by atoms with Gasteiger partial charge in [0.1, 0.15) is 0 Å². The topological polar surface area (TPSA) is 35.8 Å². The third kappa shape index (κ3) is 2.24. The van der Waals surface area contributed by atoms with E-state index in [1.165, 1.54) is 6.42 Å². The minimum absolute atomic E-state index is 0.163. The zero-order valence-electron chi connectivity index (χ0n) is 12.9. The van der Waals surface area contributed by atoms with Crippen molar-refractivity contribution in [2.45, 2.75) is 31.0 Å². The molecule has 7 atom stereocenters. The Labute approximate surface area is 132 Å². The van der Waals surface area contributed by atoms with Crippen molar-refractivity contribution in [2.24, 2.45) is 22.7 Å². The minimum atomic E-state index is -0.385. The molecule has 5 aliphatic rings. The Morgan fingerprint density at radius 3 is 3.00 bits per heavy atom. The number of dihydropyridines is 1. The number of fused-ring (bicyclic) bond motifs is 4. The van der Waals surface area contributed by atoms with Gasteiger partial charge in [-0.3, -0.25) is 9.89 Å². The van der Waals surface area contributed by atoms with Crippen LogP contribution in [0.2, 0.25) is 0 Å². The van der Waals surface area contributed by atoms with Gasteiger partial charge in [-0.15, -0.1) is 6.58 Å². The van der Waals surface area contributed by atoms with Gasteiger partial charge in [-0.05, 0) is 42.9 Å². The Morgan fingerprint density at radius 1 is 1.36 bits per heavy atom. The molecular formula is C19H24N2O. The average Bonchev–Trinajstić information content (AvgIpc) is 2.60. The predicted molar refractivity (Wildman–Crippen MR) is 89.9 cm³/mol. The van der Waals surface area contributed by atoms with Crippen molar-refractivity contribution in [3.8, 4) is 0 Å². The van der Waals surface area contributed by atoms with Crippen LogP contribution in [0.25, 0.3) is 0 Å². The minimum Gasteiger partial charge on any atom is -0.387 e. The molecule has 0 aromatic heterocycles. The fourth-order valence-corrected chi connectivity index (χ4v) is 4.61. The molecule has 2 bridgehead atoms. The third-order valence-corrected chi connectivity index (χ3v) is 5.88. The first-order valence-corrected chi connectivity index (χ1v) is 8.41. The molecule has 0 aromatic rings. The van der Waals surface area contributed by atoms with Gasteiger partial charge in [0, 0.05) is 24.7 Å². The van der Waals surface area contributed by atoms with E-state index in [9.17, 15) is 5.11 Å². The Kier molecular flexibility index (Phi) is 3.63. The van der Waals surface area contributed by atoms with Crippen LogP contribution < -0.4 is 0 Å². The molecule has 5 rings (SSSR count). The molecule has 0 aromatic carbocycles. The molecule has 3 saturated heterocycles. The summed E-state index contributed by atoms with van der Waals surface area (Å²) in [5.74, 6) is 1.52. The summed E-state index contributed by atoms with van der Waals surface area (Å²) in [5, 5.41) is 11.1. The molecular weight excluding hydrogens is 272 g/mol. The largest absolute Gasteiger partial charge is 0.387 e. The summed E-state index contributed by atoms with van der Waals surface area (Å²) >= 11 is 0. The molecule has 4 heterocycles. The highest BCUT2D eigenvalue weighted by Crippen LogP contribution is 2.40. The van der Waals surface area contributed by atoms with Crippen molar-refractivity contribution in [1.29, 1.82) is 0 Å². The molecule has 3 nitrogen and oxygen atoms in total. The lowest BCUT2D eigenvalue weighted by Crippen LogP contribution is -2.57. The van der Waals surface area contributed by atoms with Crippen LogP contribution in [0.3, 0.4) is 0 Å². The van der Waals surface area contributed by atoms with Gasteiger partial charge in [-0.1, -0.05) is 30.4 Å². The summed E-state index contributed by atoms with van der Waals surface area (Å²) in [6, 6.07) is 0.420. The van der Waals surface area contributed by atoms with Gasteiger partial charge in [0.15, 0.2) is 0 Å².